The van der Waals surface area contributed by atoms with Gasteiger partial charge in [0.25, 0.3) is 0 Å². The maximum absolute atomic E-state index is 12.3. The van der Waals surface area contributed by atoms with E-state index in [-0.39, 0.29) is 5.97 Å². The summed E-state index contributed by atoms with van der Waals surface area (Å²) in [7, 11) is 1.52. The van der Waals surface area contributed by atoms with E-state index in [1.54, 1.807) is 0 Å². The molecule has 3 heteroatoms. The molecule has 2 unspecified atom stereocenters. The number of hydrogen-bond acceptors (Lipinski definition) is 3. The van der Waals surface area contributed by atoms with Crippen molar-refractivity contribution in [2.24, 2.45) is 11.8 Å². The first-order valence-corrected chi connectivity index (χ1v) is 6.96. The van der Waals surface area contributed by atoms with Gasteiger partial charge in [0.1, 0.15) is 5.54 Å². The Morgan fingerprint density at radius 2 is 2.00 bits per heavy atom. The van der Waals surface area contributed by atoms with Gasteiger partial charge in [-0.15, -0.1) is 0 Å². The quantitative estimate of drug-likeness (QED) is 0.766. The standard InChI is InChI=1S/C14H25NO2/c1-10(2)12-6-4-5-9-14(12,13(16)17-3)15-11-7-8-11/h10-12,15H,4-9H2,1-3H3. The molecule has 2 fully saturated rings. The van der Waals surface area contributed by atoms with Crippen LogP contribution in [0.3, 0.4) is 0 Å². The zero-order valence-corrected chi connectivity index (χ0v) is 11.3. The number of ether oxygens (including phenoxy) is 1. The lowest BCUT2D eigenvalue weighted by molar-refractivity contribution is -0.154. The fourth-order valence-corrected chi connectivity index (χ4v) is 3.37. The van der Waals surface area contributed by atoms with Crippen molar-refractivity contribution in [1.29, 1.82) is 0 Å². The molecule has 17 heavy (non-hydrogen) atoms. The van der Waals surface area contributed by atoms with Crippen molar-refractivity contribution >= 4 is 5.97 Å². The Labute approximate surface area is 104 Å². The van der Waals surface area contributed by atoms with Crippen molar-refractivity contribution in [1.82, 2.24) is 5.32 Å². The van der Waals surface area contributed by atoms with Crippen molar-refractivity contribution in [3.8, 4) is 0 Å². The van der Waals surface area contributed by atoms with E-state index < -0.39 is 5.54 Å². The Morgan fingerprint density at radius 3 is 2.53 bits per heavy atom. The molecule has 98 valence electrons. The fraction of sp³-hybridized carbons (Fsp3) is 0.929. The van der Waals surface area contributed by atoms with Gasteiger partial charge in [-0.3, -0.25) is 10.1 Å². The van der Waals surface area contributed by atoms with Gasteiger partial charge < -0.3 is 4.74 Å². The molecular formula is C14H25NO2. The topological polar surface area (TPSA) is 38.3 Å². The van der Waals surface area contributed by atoms with Crippen LogP contribution in [0, 0.1) is 11.8 Å². The minimum absolute atomic E-state index is 0.0391. The Morgan fingerprint density at radius 1 is 1.29 bits per heavy atom. The van der Waals surface area contributed by atoms with Gasteiger partial charge in [-0.1, -0.05) is 26.7 Å². The van der Waals surface area contributed by atoms with Crippen LogP contribution < -0.4 is 5.32 Å². The molecule has 3 nitrogen and oxygen atoms in total. The highest BCUT2D eigenvalue weighted by Gasteiger charge is 2.51. The molecular weight excluding hydrogens is 214 g/mol. The summed E-state index contributed by atoms with van der Waals surface area (Å²) in [5, 5.41) is 3.61. The van der Waals surface area contributed by atoms with Crippen LogP contribution in [0.1, 0.15) is 52.4 Å². The molecule has 0 radical (unpaired) electrons. The molecule has 0 aromatic rings. The average molecular weight is 239 g/mol. The van der Waals surface area contributed by atoms with Gasteiger partial charge in [0, 0.05) is 6.04 Å². The summed E-state index contributed by atoms with van der Waals surface area (Å²) in [5.74, 6) is 0.910. The molecule has 2 aliphatic rings. The molecule has 2 rings (SSSR count). The lowest BCUT2D eigenvalue weighted by Crippen LogP contribution is -2.61. The first-order chi connectivity index (χ1) is 8.10. The summed E-state index contributed by atoms with van der Waals surface area (Å²) in [6.45, 7) is 4.45. The number of carbonyl (C=O) groups is 1. The van der Waals surface area contributed by atoms with E-state index >= 15 is 0 Å². The van der Waals surface area contributed by atoms with Gasteiger partial charge in [0.2, 0.25) is 0 Å². The summed E-state index contributed by atoms with van der Waals surface area (Å²) in [6.07, 6.45) is 6.89. The summed E-state index contributed by atoms with van der Waals surface area (Å²) in [5.41, 5.74) is -0.400. The Balaban J connectivity index is 2.23. The van der Waals surface area contributed by atoms with Gasteiger partial charge in [-0.2, -0.15) is 0 Å². The maximum atomic E-state index is 12.3. The van der Waals surface area contributed by atoms with Crippen LogP contribution in [0.2, 0.25) is 0 Å². The third-order valence-electron chi connectivity index (χ3n) is 4.36. The predicted octanol–water partition coefficient (Wildman–Crippen LogP) is 2.50. The third-order valence-corrected chi connectivity index (χ3v) is 4.36. The van der Waals surface area contributed by atoms with Crippen LogP contribution in [-0.4, -0.2) is 24.7 Å². The van der Waals surface area contributed by atoms with Gasteiger partial charge >= 0.3 is 5.97 Å². The summed E-state index contributed by atoms with van der Waals surface area (Å²) >= 11 is 0. The number of carbonyl (C=O) groups excluding carboxylic acids is 1. The van der Waals surface area contributed by atoms with Gasteiger partial charge in [0.15, 0.2) is 0 Å². The summed E-state index contributed by atoms with van der Waals surface area (Å²) in [4.78, 5) is 12.3. The Bertz CT molecular complexity index is 286. The van der Waals surface area contributed by atoms with E-state index in [0.717, 1.165) is 19.3 Å². The molecule has 2 atom stereocenters. The molecule has 0 spiro atoms. The number of methoxy groups -OCH3 is 1. The first-order valence-electron chi connectivity index (χ1n) is 6.96. The van der Waals surface area contributed by atoms with Crippen molar-refractivity contribution in [3.63, 3.8) is 0 Å². The van der Waals surface area contributed by atoms with E-state index in [1.165, 1.54) is 26.4 Å². The second-order valence-corrected chi connectivity index (χ2v) is 5.98. The van der Waals surface area contributed by atoms with Gasteiger partial charge in [-0.25, -0.2) is 0 Å². The molecule has 0 aromatic heterocycles. The van der Waals surface area contributed by atoms with Crippen molar-refractivity contribution in [2.45, 2.75) is 64.0 Å². The minimum Gasteiger partial charge on any atom is -0.468 e. The molecule has 0 saturated heterocycles. The molecule has 0 aromatic carbocycles. The van der Waals surface area contributed by atoms with E-state index in [4.69, 9.17) is 4.74 Å². The van der Waals surface area contributed by atoms with E-state index in [2.05, 4.69) is 19.2 Å². The largest absolute Gasteiger partial charge is 0.468 e. The highest BCUT2D eigenvalue weighted by Crippen LogP contribution is 2.41. The normalized spacial score (nSPS) is 33.8. The maximum Gasteiger partial charge on any atom is 0.326 e. The van der Waals surface area contributed by atoms with E-state index in [9.17, 15) is 4.79 Å². The van der Waals surface area contributed by atoms with E-state index in [0.29, 0.717) is 17.9 Å². The van der Waals surface area contributed by atoms with Crippen LogP contribution in [0.4, 0.5) is 0 Å². The first kappa shape index (κ1) is 12.9. The predicted molar refractivity (Wildman–Crippen MR) is 67.7 cm³/mol. The van der Waals surface area contributed by atoms with E-state index in [1.807, 2.05) is 0 Å². The highest BCUT2D eigenvalue weighted by molar-refractivity contribution is 5.81. The van der Waals surface area contributed by atoms with Crippen LogP contribution in [0.15, 0.2) is 0 Å². The second-order valence-electron chi connectivity index (χ2n) is 5.98. The van der Waals surface area contributed by atoms with Crippen LogP contribution in [0.25, 0.3) is 0 Å². The number of hydrogen-bond donors (Lipinski definition) is 1. The van der Waals surface area contributed by atoms with Gasteiger partial charge in [-0.05, 0) is 37.5 Å². The van der Waals surface area contributed by atoms with Crippen LogP contribution >= 0.6 is 0 Å². The zero-order chi connectivity index (χ0) is 12.5. The summed E-state index contributed by atoms with van der Waals surface area (Å²) < 4.78 is 5.10. The molecule has 0 heterocycles. The van der Waals surface area contributed by atoms with Crippen LogP contribution in [0.5, 0.6) is 0 Å². The molecule has 0 amide bonds. The lowest BCUT2D eigenvalue weighted by Gasteiger charge is -2.44. The SMILES string of the molecule is COC(=O)C1(NC2CC2)CCCCC1C(C)C. The molecule has 1 N–H and O–H groups in total. The zero-order valence-electron chi connectivity index (χ0n) is 11.3. The van der Waals surface area contributed by atoms with Crippen LogP contribution in [-0.2, 0) is 9.53 Å². The third kappa shape index (κ3) is 2.49. The monoisotopic (exact) mass is 239 g/mol. The molecule has 0 bridgehead atoms. The van der Waals surface area contributed by atoms with Crippen molar-refractivity contribution in [3.05, 3.63) is 0 Å². The highest BCUT2D eigenvalue weighted by atomic mass is 16.5. The van der Waals surface area contributed by atoms with Gasteiger partial charge in [0.05, 0.1) is 7.11 Å². The Hall–Kier alpha value is -0.570. The van der Waals surface area contributed by atoms with Crippen molar-refractivity contribution < 1.29 is 9.53 Å². The molecule has 2 aliphatic carbocycles. The second kappa shape index (κ2) is 4.97. The lowest BCUT2D eigenvalue weighted by atomic mass is 9.67. The number of esters is 1. The number of rotatable bonds is 4. The summed E-state index contributed by atoms with van der Waals surface area (Å²) in [6, 6.07) is 0.549. The molecule has 2 saturated carbocycles. The fourth-order valence-electron chi connectivity index (χ4n) is 3.37. The Kier molecular flexibility index (Phi) is 3.76. The number of nitrogens with one attached hydrogen (secondary N) is 1. The van der Waals surface area contributed by atoms with Crippen molar-refractivity contribution in [2.75, 3.05) is 7.11 Å². The molecule has 0 aliphatic heterocycles. The average Bonchev–Trinajstić information content (AvgIpc) is 3.12. The minimum atomic E-state index is -0.400. The smallest absolute Gasteiger partial charge is 0.326 e.